The Kier molecular flexibility index (Phi) is 3.07. The average Bonchev–Trinajstić information content (AvgIpc) is 2.46. The van der Waals surface area contributed by atoms with Crippen molar-refractivity contribution in [3.05, 3.63) is 46.0 Å². The highest BCUT2D eigenvalue weighted by molar-refractivity contribution is 5.69. The van der Waals surface area contributed by atoms with Gasteiger partial charge in [-0.25, -0.2) is 4.98 Å². The number of aryl methyl sites for hydroxylation is 2. The molecule has 0 atom stereocenters. The molecule has 2 heterocycles. The molecule has 2 aromatic rings. The summed E-state index contributed by atoms with van der Waals surface area (Å²) in [4.78, 5) is 18.9. The molecule has 4 nitrogen and oxygen atoms in total. The summed E-state index contributed by atoms with van der Waals surface area (Å²) >= 11 is 0. The topological polar surface area (TPSA) is 55.0 Å². The number of H-pyrrole nitrogens is 1. The van der Waals surface area contributed by atoms with Crippen LogP contribution < -0.4 is 10.3 Å². The Balaban J connectivity index is 2.17. The summed E-state index contributed by atoms with van der Waals surface area (Å²) in [7, 11) is 0. The molecule has 3 rings (SSSR count). The number of rotatable bonds is 2. The first kappa shape index (κ1) is 12.0. The maximum absolute atomic E-state index is 11.7. The Morgan fingerprint density at radius 3 is 3.16 bits per heavy atom. The van der Waals surface area contributed by atoms with Gasteiger partial charge in [-0.05, 0) is 24.5 Å². The SMILES string of the molecule is CCc1nc(-c2cccc3c2OCCC3)cc(=O)[nH]1. The van der Waals surface area contributed by atoms with E-state index < -0.39 is 0 Å². The molecule has 0 saturated carbocycles. The molecule has 1 aliphatic heterocycles. The fraction of sp³-hybridized carbons (Fsp3) is 0.333. The quantitative estimate of drug-likeness (QED) is 0.897. The number of ether oxygens (including phenoxy) is 1. The summed E-state index contributed by atoms with van der Waals surface area (Å²) in [5.41, 5.74) is 2.69. The molecule has 1 aromatic heterocycles. The lowest BCUT2D eigenvalue weighted by Crippen LogP contribution is -2.13. The number of nitrogens with zero attached hydrogens (tertiary/aromatic N) is 1. The highest BCUT2D eigenvalue weighted by Gasteiger charge is 2.16. The van der Waals surface area contributed by atoms with Crippen molar-refractivity contribution in [3.63, 3.8) is 0 Å². The largest absolute Gasteiger partial charge is 0.493 e. The molecule has 0 unspecified atom stereocenters. The van der Waals surface area contributed by atoms with E-state index in [4.69, 9.17) is 4.74 Å². The number of benzene rings is 1. The molecule has 0 fully saturated rings. The number of fused-ring (bicyclic) bond motifs is 1. The van der Waals surface area contributed by atoms with Crippen LogP contribution >= 0.6 is 0 Å². The van der Waals surface area contributed by atoms with Gasteiger partial charge in [0, 0.05) is 18.1 Å². The van der Waals surface area contributed by atoms with Gasteiger partial charge in [0.05, 0.1) is 12.3 Å². The van der Waals surface area contributed by atoms with Gasteiger partial charge in [-0.2, -0.15) is 0 Å². The second-order valence-corrected chi connectivity index (χ2v) is 4.68. The smallest absolute Gasteiger partial charge is 0.251 e. The molecule has 0 bridgehead atoms. The molecule has 0 radical (unpaired) electrons. The summed E-state index contributed by atoms with van der Waals surface area (Å²) in [6, 6.07) is 7.57. The lowest BCUT2D eigenvalue weighted by atomic mass is 10.0. The highest BCUT2D eigenvalue weighted by atomic mass is 16.5. The minimum atomic E-state index is -0.115. The summed E-state index contributed by atoms with van der Waals surface area (Å²) < 4.78 is 5.77. The third-order valence-electron chi connectivity index (χ3n) is 3.33. The predicted molar refractivity (Wildman–Crippen MR) is 73.5 cm³/mol. The van der Waals surface area contributed by atoms with Crippen LogP contribution in [-0.4, -0.2) is 16.6 Å². The van der Waals surface area contributed by atoms with Crippen LogP contribution in [0.15, 0.2) is 29.1 Å². The van der Waals surface area contributed by atoms with Gasteiger partial charge in [0.1, 0.15) is 11.6 Å². The molecule has 19 heavy (non-hydrogen) atoms. The van der Waals surface area contributed by atoms with Gasteiger partial charge in [0.15, 0.2) is 0 Å². The maximum atomic E-state index is 11.7. The van der Waals surface area contributed by atoms with Crippen LogP contribution in [0.1, 0.15) is 24.7 Å². The lowest BCUT2D eigenvalue weighted by molar-refractivity contribution is 0.289. The zero-order valence-corrected chi connectivity index (χ0v) is 10.9. The molecule has 0 spiro atoms. The summed E-state index contributed by atoms with van der Waals surface area (Å²) in [5, 5.41) is 0. The van der Waals surface area contributed by atoms with Crippen molar-refractivity contribution in [2.75, 3.05) is 6.61 Å². The van der Waals surface area contributed by atoms with Crippen molar-refractivity contribution in [3.8, 4) is 17.0 Å². The molecular weight excluding hydrogens is 240 g/mol. The van der Waals surface area contributed by atoms with Crippen molar-refractivity contribution in [1.82, 2.24) is 9.97 Å². The molecule has 0 amide bonds. The molecule has 4 heteroatoms. The predicted octanol–water partition coefficient (Wildman–Crippen LogP) is 2.32. The molecule has 98 valence electrons. The minimum absolute atomic E-state index is 0.115. The summed E-state index contributed by atoms with van der Waals surface area (Å²) in [6.07, 6.45) is 2.77. The van der Waals surface area contributed by atoms with Crippen LogP contribution in [0.25, 0.3) is 11.3 Å². The standard InChI is InChI=1S/C15H16N2O2/c1-2-13-16-12(9-14(18)17-13)11-7-3-5-10-6-4-8-19-15(10)11/h3,5,7,9H,2,4,6,8H2,1H3,(H,16,17,18). The Hall–Kier alpha value is -2.10. The zero-order chi connectivity index (χ0) is 13.2. The number of aromatic nitrogens is 2. The third kappa shape index (κ3) is 2.26. The second kappa shape index (κ2) is 4.88. The van der Waals surface area contributed by atoms with E-state index in [9.17, 15) is 4.79 Å². The fourth-order valence-electron chi connectivity index (χ4n) is 2.40. The number of aromatic amines is 1. The van der Waals surface area contributed by atoms with E-state index >= 15 is 0 Å². The number of para-hydroxylation sites is 1. The van der Waals surface area contributed by atoms with Crippen LogP contribution in [-0.2, 0) is 12.8 Å². The van der Waals surface area contributed by atoms with Gasteiger partial charge in [-0.1, -0.05) is 19.1 Å². The van der Waals surface area contributed by atoms with E-state index in [-0.39, 0.29) is 5.56 Å². The Morgan fingerprint density at radius 2 is 2.32 bits per heavy atom. The first-order chi connectivity index (χ1) is 9.28. The average molecular weight is 256 g/mol. The maximum Gasteiger partial charge on any atom is 0.251 e. The molecular formula is C15H16N2O2. The van der Waals surface area contributed by atoms with E-state index in [1.165, 1.54) is 11.6 Å². The van der Waals surface area contributed by atoms with Gasteiger partial charge in [0.2, 0.25) is 0 Å². The van der Waals surface area contributed by atoms with E-state index in [1.54, 1.807) is 0 Å². The Labute approximate surface area is 111 Å². The van der Waals surface area contributed by atoms with Crippen molar-refractivity contribution >= 4 is 0 Å². The second-order valence-electron chi connectivity index (χ2n) is 4.68. The normalized spacial score (nSPS) is 13.7. The van der Waals surface area contributed by atoms with Crippen LogP contribution in [0.5, 0.6) is 5.75 Å². The Bertz CT molecular complexity index is 661. The molecule has 0 saturated heterocycles. The first-order valence-corrected chi connectivity index (χ1v) is 6.63. The fourth-order valence-corrected chi connectivity index (χ4v) is 2.40. The van der Waals surface area contributed by atoms with Gasteiger partial charge < -0.3 is 9.72 Å². The number of hydrogen-bond donors (Lipinski definition) is 1. The molecule has 0 aliphatic carbocycles. The highest BCUT2D eigenvalue weighted by Crippen LogP contribution is 2.34. The third-order valence-corrected chi connectivity index (χ3v) is 3.33. The molecule has 1 aliphatic rings. The van der Waals surface area contributed by atoms with Crippen molar-refractivity contribution < 1.29 is 4.74 Å². The van der Waals surface area contributed by atoms with E-state index in [1.807, 2.05) is 19.1 Å². The van der Waals surface area contributed by atoms with Crippen molar-refractivity contribution in [2.45, 2.75) is 26.2 Å². The lowest BCUT2D eigenvalue weighted by Gasteiger charge is -2.20. The van der Waals surface area contributed by atoms with E-state index in [2.05, 4.69) is 16.0 Å². The zero-order valence-electron chi connectivity index (χ0n) is 10.9. The van der Waals surface area contributed by atoms with Gasteiger partial charge >= 0.3 is 0 Å². The van der Waals surface area contributed by atoms with Gasteiger partial charge in [-0.15, -0.1) is 0 Å². The van der Waals surface area contributed by atoms with E-state index in [0.29, 0.717) is 17.9 Å². The summed E-state index contributed by atoms with van der Waals surface area (Å²) in [6.45, 7) is 2.70. The molecule has 1 aromatic carbocycles. The van der Waals surface area contributed by atoms with Crippen LogP contribution in [0.4, 0.5) is 0 Å². The van der Waals surface area contributed by atoms with Crippen LogP contribution in [0.3, 0.4) is 0 Å². The summed E-state index contributed by atoms with van der Waals surface area (Å²) in [5.74, 6) is 1.59. The van der Waals surface area contributed by atoms with Crippen molar-refractivity contribution in [1.29, 1.82) is 0 Å². The van der Waals surface area contributed by atoms with E-state index in [0.717, 1.165) is 30.8 Å². The number of nitrogens with one attached hydrogen (secondary N) is 1. The van der Waals surface area contributed by atoms with Crippen molar-refractivity contribution in [2.24, 2.45) is 0 Å². The Morgan fingerprint density at radius 1 is 1.42 bits per heavy atom. The number of hydrogen-bond acceptors (Lipinski definition) is 3. The first-order valence-electron chi connectivity index (χ1n) is 6.63. The van der Waals surface area contributed by atoms with Gasteiger partial charge in [0.25, 0.3) is 5.56 Å². The molecule has 1 N–H and O–H groups in total. The minimum Gasteiger partial charge on any atom is -0.493 e. The van der Waals surface area contributed by atoms with Crippen LogP contribution in [0, 0.1) is 0 Å². The van der Waals surface area contributed by atoms with Gasteiger partial charge in [-0.3, -0.25) is 4.79 Å². The van der Waals surface area contributed by atoms with Crippen LogP contribution in [0.2, 0.25) is 0 Å². The monoisotopic (exact) mass is 256 g/mol.